The van der Waals surface area contributed by atoms with E-state index in [4.69, 9.17) is 0 Å². The van der Waals surface area contributed by atoms with Crippen LogP contribution in [-0.2, 0) is 12.2 Å². The average molecular weight is 343 g/mol. The Kier molecular flexibility index (Phi) is 3.62. The predicted octanol–water partition coefficient (Wildman–Crippen LogP) is 2.88. The Balaban J connectivity index is 1.60. The molecule has 3 aromatic heterocycles. The standard InChI is InChI=1S/C15H13N5OS2/c1-2-12-19-20-13(21)7-9(16-15(20)23-12)8-22-14-17-10-5-3-4-6-11(10)18-14/h3-7H,2,8H2,1H3,(H,17,18). The van der Waals surface area contributed by atoms with E-state index >= 15 is 0 Å². The maximum atomic E-state index is 12.1. The summed E-state index contributed by atoms with van der Waals surface area (Å²) in [6, 6.07) is 9.44. The molecule has 1 N–H and O–H groups in total. The molecule has 23 heavy (non-hydrogen) atoms. The molecule has 0 bridgehead atoms. The van der Waals surface area contributed by atoms with Crippen LogP contribution in [-0.4, -0.2) is 24.6 Å². The van der Waals surface area contributed by atoms with Gasteiger partial charge in [0, 0.05) is 11.8 Å². The van der Waals surface area contributed by atoms with Crippen molar-refractivity contribution in [2.45, 2.75) is 24.3 Å². The van der Waals surface area contributed by atoms with E-state index < -0.39 is 0 Å². The Morgan fingerprint density at radius 2 is 2.17 bits per heavy atom. The van der Waals surface area contributed by atoms with E-state index in [1.54, 1.807) is 6.07 Å². The highest BCUT2D eigenvalue weighted by Crippen LogP contribution is 2.22. The molecule has 116 valence electrons. The lowest BCUT2D eigenvalue weighted by molar-refractivity contribution is 0.852. The first-order chi connectivity index (χ1) is 11.2. The number of benzene rings is 1. The molecule has 0 radical (unpaired) electrons. The van der Waals surface area contributed by atoms with Gasteiger partial charge in [-0.05, 0) is 18.6 Å². The quantitative estimate of drug-likeness (QED) is 0.577. The number of nitrogens with zero attached hydrogens (tertiary/aromatic N) is 4. The van der Waals surface area contributed by atoms with E-state index in [-0.39, 0.29) is 5.56 Å². The number of aryl methyl sites for hydroxylation is 1. The summed E-state index contributed by atoms with van der Waals surface area (Å²) in [6.45, 7) is 2.01. The molecule has 3 heterocycles. The molecule has 0 aliphatic carbocycles. The number of aromatic nitrogens is 5. The van der Waals surface area contributed by atoms with Crippen molar-refractivity contribution >= 4 is 39.1 Å². The second kappa shape index (κ2) is 5.78. The van der Waals surface area contributed by atoms with Gasteiger partial charge in [-0.3, -0.25) is 4.79 Å². The maximum Gasteiger partial charge on any atom is 0.275 e. The number of thioether (sulfide) groups is 1. The van der Waals surface area contributed by atoms with Crippen molar-refractivity contribution < 1.29 is 0 Å². The number of hydrogen-bond acceptors (Lipinski definition) is 6. The SMILES string of the molecule is CCc1nn2c(=O)cc(CSc3nc4ccccc4[nH]3)nc2s1. The van der Waals surface area contributed by atoms with Gasteiger partial charge in [-0.2, -0.15) is 9.61 Å². The molecular weight excluding hydrogens is 330 g/mol. The molecule has 0 unspecified atom stereocenters. The highest BCUT2D eigenvalue weighted by atomic mass is 32.2. The fraction of sp³-hybridized carbons (Fsp3) is 0.200. The van der Waals surface area contributed by atoms with Crippen molar-refractivity contribution in [1.29, 1.82) is 0 Å². The fourth-order valence-electron chi connectivity index (χ4n) is 2.25. The van der Waals surface area contributed by atoms with Crippen LogP contribution < -0.4 is 5.56 Å². The summed E-state index contributed by atoms with van der Waals surface area (Å²) in [4.78, 5) is 25.1. The van der Waals surface area contributed by atoms with Gasteiger partial charge in [0.2, 0.25) is 4.96 Å². The largest absolute Gasteiger partial charge is 0.333 e. The second-order valence-corrected chi connectivity index (χ2v) is 6.98. The van der Waals surface area contributed by atoms with E-state index in [1.807, 2.05) is 31.2 Å². The molecule has 0 aliphatic heterocycles. The van der Waals surface area contributed by atoms with Crippen molar-refractivity contribution in [2.75, 3.05) is 0 Å². The number of fused-ring (bicyclic) bond motifs is 2. The molecule has 0 fully saturated rings. The number of H-pyrrole nitrogens is 1. The van der Waals surface area contributed by atoms with Crippen LogP contribution in [0, 0.1) is 0 Å². The van der Waals surface area contributed by atoms with E-state index in [0.29, 0.717) is 10.7 Å². The van der Waals surface area contributed by atoms with Gasteiger partial charge >= 0.3 is 0 Å². The van der Waals surface area contributed by atoms with Crippen molar-refractivity contribution in [3.8, 4) is 0 Å². The van der Waals surface area contributed by atoms with Gasteiger partial charge in [-0.15, -0.1) is 0 Å². The zero-order chi connectivity index (χ0) is 15.8. The molecule has 6 nitrogen and oxygen atoms in total. The average Bonchev–Trinajstić information content (AvgIpc) is 3.16. The molecule has 4 aromatic rings. The fourth-order valence-corrected chi connectivity index (χ4v) is 3.89. The predicted molar refractivity (Wildman–Crippen MR) is 92.2 cm³/mol. The van der Waals surface area contributed by atoms with Crippen LogP contribution in [0.4, 0.5) is 0 Å². The third-order valence-electron chi connectivity index (χ3n) is 3.37. The van der Waals surface area contributed by atoms with Crippen molar-refractivity contribution in [3.05, 3.63) is 51.4 Å². The summed E-state index contributed by atoms with van der Waals surface area (Å²) in [6.07, 6.45) is 0.802. The summed E-state index contributed by atoms with van der Waals surface area (Å²) < 4.78 is 1.37. The van der Waals surface area contributed by atoms with Crippen LogP contribution in [0.2, 0.25) is 0 Å². The third-order valence-corrected chi connectivity index (χ3v) is 5.33. The molecular formula is C15H13N5OS2. The van der Waals surface area contributed by atoms with Crippen LogP contribution in [0.15, 0.2) is 40.3 Å². The van der Waals surface area contributed by atoms with Gasteiger partial charge in [-0.1, -0.05) is 42.2 Å². The van der Waals surface area contributed by atoms with Gasteiger partial charge in [0.1, 0.15) is 5.01 Å². The molecule has 8 heteroatoms. The van der Waals surface area contributed by atoms with Gasteiger partial charge in [0.05, 0.1) is 16.7 Å². The normalized spacial score (nSPS) is 11.5. The maximum absolute atomic E-state index is 12.1. The smallest absolute Gasteiger partial charge is 0.275 e. The Labute approximate surface area is 139 Å². The van der Waals surface area contributed by atoms with Crippen molar-refractivity contribution in [1.82, 2.24) is 24.6 Å². The van der Waals surface area contributed by atoms with E-state index in [2.05, 4.69) is 20.1 Å². The van der Waals surface area contributed by atoms with Crippen LogP contribution in [0.5, 0.6) is 0 Å². The zero-order valence-corrected chi connectivity index (χ0v) is 13.9. The molecule has 0 spiro atoms. The lowest BCUT2D eigenvalue weighted by atomic mass is 10.3. The highest BCUT2D eigenvalue weighted by Gasteiger charge is 2.09. The summed E-state index contributed by atoms with van der Waals surface area (Å²) in [5.41, 5.74) is 2.56. The van der Waals surface area contributed by atoms with Crippen molar-refractivity contribution in [3.63, 3.8) is 0 Å². The topological polar surface area (TPSA) is 75.9 Å². The first-order valence-corrected chi connectivity index (χ1v) is 8.99. The van der Waals surface area contributed by atoms with Gasteiger partial charge in [0.15, 0.2) is 5.16 Å². The highest BCUT2D eigenvalue weighted by molar-refractivity contribution is 7.98. The monoisotopic (exact) mass is 343 g/mol. The number of rotatable bonds is 4. The summed E-state index contributed by atoms with van der Waals surface area (Å²) in [7, 11) is 0. The Bertz CT molecular complexity index is 1020. The van der Waals surface area contributed by atoms with Crippen LogP contribution in [0.3, 0.4) is 0 Å². The summed E-state index contributed by atoms with van der Waals surface area (Å²) in [5.74, 6) is 0.588. The third kappa shape index (κ3) is 2.75. The van der Waals surface area contributed by atoms with Gasteiger partial charge in [0.25, 0.3) is 5.56 Å². The van der Waals surface area contributed by atoms with E-state index in [0.717, 1.165) is 33.3 Å². The summed E-state index contributed by atoms with van der Waals surface area (Å²) in [5, 5.41) is 5.99. The van der Waals surface area contributed by atoms with Crippen LogP contribution >= 0.6 is 23.1 Å². The molecule has 0 atom stereocenters. The number of para-hydroxylation sites is 2. The second-order valence-electron chi connectivity index (χ2n) is 4.98. The Morgan fingerprint density at radius 3 is 3.00 bits per heavy atom. The molecule has 4 rings (SSSR count). The molecule has 0 aliphatic rings. The molecule has 0 saturated heterocycles. The van der Waals surface area contributed by atoms with E-state index in [1.165, 1.54) is 27.6 Å². The van der Waals surface area contributed by atoms with Crippen molar-refractivity contribution in [2.24, 2.45) is 0 Å². The zero-order valence-electron chi connectivity index (χ0n) is 12.3. The van der Waals surface area contributed by atoms with Crippen LogP contribution in [0.25, 0.3) is 16.0 Å². The first kappa shape index (κ1) is 14.4. The minimum atomic E-state index is -0.133. The Hall–Kier alpha value is -2.19. The van der Waals surface area contributed by atoms with Gasteiger partial charge in [-0.25, -0.2) is 9.97 Å². The first-order valence-electron chi connectivity index (χ1n) is 7.19. The molecule has 0 saturated carbocycles. The Morgan fingerprint density at radius 1 is 1.30 bits per heavy atom. The number of hydrogen-bond donors (Lipinski definition) is 1. The molecule has 1 aromatic carbocycles. The minimum absolute atomic E-state index is 0.133. The summed E-state index contributed by atoms with van der Waals surface area (Å²) >= 11 is 3.00. The molecule has 0 amide bonds. The number of aromatic amines is 1. The lowest BCUT2D eigenvalue weighted by Crippen LogP contribution is -2.15. The number of nitrogens with one attached hydrogen (secondary N) is 1. The van der Waals surface area contributed by atoms with Crippen LogP contribution in [0.1, 0.15) is 17.6 Å². The van der Waals surface area contributed by atoms with E-state index in [9.17, 15) is 4.79 Å². The lowest BCUT2D eigenvalue weighted by Gasteiger charge is -1.98. The minimum Gasteiger partial charge on any atom is -0.333 e. The number of imidazole rings is 1. The van der Waals surface area contributed by atoms with Gasteiger partial charge < -0.3 is 4.98 Å².